The maximum Gasteiger partial charge on any atom is 0.331 e. The third-order valence-electron chi connectivity index (χ3n) is 3.01. The topological polar surface area (TPSA) is 46.5 Å². The molecule has 130 valence electrons. The molecule has 0 amide bonds. The van der Waals surface area contributed by atoms with Crippen LogP contribution >= 0.6 is 22.6 Å². The SMILES string of the molecule is CC(/C=C/C(=O)OC(C)(C)C)=C\[C@@H](C)[C@H](O)C/C(C)=C/C=C/I. The first-order chi connectivity index (χ1) is 10.5. The van der Waals surface area contributed by atoms with Crippen LogP contribution < -0.4 is 0 Å². The first-order valence-corrected chi connectivity index (χ1v) is 8.99. The fraction of sp³-hybridized carbons (Fsp3) is 0.526. The lowest BCUT2D eigenvalue weighted by atomic mass is 9.96. The molecule has 0 rings (SSSR count). The largest absolute Gasteiger partial charge is 0.457 e. The van der Waals surface area contributed by atoms with Crippen LogP contribution in [0.15, 0.2) is 45.6 Å². The summed E-state index contributed by atoms with van der Waals surface area (Å²) in [7, 11) is 0. The van der Waals surface area contributed by atoms with E-state index in [2.05, 4.69) is 22.6 Å². The van der Waals surface area contributed by atoms with Gasteiger partial charge in [-0.25, -0.2) is 4.79 Å². The highest BCUT2D eigenvalue weighted by Gasteiger charge is 2.14. The molecule has 0 aromatic heterocycles. The average molecular weight is 432 g/mol. The van der Waals surface area contributed by atoms with Crippen molar-refractivity contribution in [3.05, 3.63) is 45.6 Å². The predicted octanol–water partition coefficient (Wildman–Crippen LogP) is 5.11. The van der Waals surface area contributed by atoms with Crippen molar-refractivity contribution in [2.75, 3.05) is 0 Å². The standard InChI is InChI=1S/C19H29IO3/c1-14(8-7-11-20)13-17(21)16(3)12-15(2)9-10-18(22)23-19(4,5)6/h7-12,16-17,21H,13H2,1-6H3/b10-9+,11-7+,14-8+,15-12+/t16-,17-/m1/s1. The minimum absolute atomic E-state index is 0.00483. The van der Waals surface area contributed by atoms with E-state index in [1.807, 2.05) is 63.9 Å². The Bertz CT molecular complexity index is 493. The molecule has 0 saturated heterocycles. The number of hydrogen-bond acceptors (Lipinski definition) is 3. The second-order valence-electron chi connectivity index (χ2n) is 6.74. The molecule has 0 aliphatic heterocycles. The lowest BCUT2D eigenvalue weighted by Crippen LogP contribution is -2.22. The summed E-state index contributed by atoms with van der Waals surface area (Å²) in [4.78, 5) is 11.6. The third kappa shape index (κ3) is 12.2. The first-order valence-electron chi connectivity index (χ1n) is 7.75. The van der Waals surface area contributed by atoms with Crippen molar-refractivity contribution >= 4 is 28.6 Å². The number of ether oxygens (including phenoxy) is 1. The molecule has 0 spiro atoms. The predicted molar refractivity (Wildman–Crippen MR) is 105 cm³/mol. The van der Waals surface area contributed by atoms with E-state index < -0.39 is 11.7 Å². The summed E-state index contributed by atoms with van der Waals surface area (Å²) >= 11 is 2.16. The number of hydrogen-bond donors (Lipinski definition) is 1. The summed E-state index contributed by atoms with van der Waals surface area (Å²) in [5.41, 5.74) is 1.57. The van der Waals surface area contributed by atoms with Gasteiger partial charge in [0, 0.05) is 12.0 Å². The Morgan fingerprint density at radius 1 is 1.26 bits per heavy atom. The molecule has 0 aliphatic carbocycles. The minimum Gasteiger partial charge on any atom is -0.457 e. The number of allylic oxidation sites excluding steroid dienone is 4. The van der Waals surface area contributed by atoms with Gasteiger partial charge in [-0.1, -0.05) is 65.0 Å². The average Bonchev–Trinajstić information content (AvgIpc) is 2.40. The summed E-state index contributed by atoms with van der Waals surface area (Å²) in [5.74, 6) is -0.354. The molecule has 1 N–H and O–H groups in total. The number of halogens is 1. The van der Waals surface area contributed by atoms with Crippen molar-refractivity contribution in [3.63, 3.8) is 0 Å². The van der Waals surface area contributed by atoms with Gasteiger partial charge in [0.15, 0.2) is 0 Å². The van der Waals surface area contributed by atoms with E-state index in [9.17, 15) is 9.90 Å². The van der Waals surface area contributed by atoms with Crippen LogP contribution in [-0.2, 0) is 9.53 Å². The van der Waals surface area contributed by atoms with Crippen LogP contribution in [0.5, 0.6) is 0 Å². The van der Waals surface area contributed by atoms with Crippen molar-refractivity contribution in [3.8, 4) is 0 Å². The van der Waals surface area contributed by atoms with E-state index in [0.29, 0.717) is 6.42 Å². The van der Waals surface area contributed by atoms with Gasteiger partial charge < -0.3 is 9.84 Å². The number of esters is 1. The molecule has 0 unspecified atom stereocenters. The highest BCUT2D eigenvalue weighted by atomic mass is 127. The van der Waals surface area contributed by atoms with E-state index in [0.717, 1.165) is 11.1 Å². The van der Waals surface area contributed by atoms with Gasteiger partial charge in [0.1, 0.15) is 5.60 Å². The van der Waals surface area contributed by atoms with Gasteiger partial charge in [0.2, 0.25) is 0 Å². The zero-order valence-electron chi connectivity index (χ0n) is 15.0. The molecule has 2 atom stereocenters. The van der Waals surface area contributed by atoms with Crippen molar-refractivity contribution in [1.29, 1.82) is 0 Å². The highest BCUT2D eigenvalue weighted by molar-refractivity contribution is 14.1. The first kappa shape index (κ1) is 22.1. The Kier molecular flexibility index (Phi) is 10.4. The van der Waals surface area contributed by atoms with Crippen molar-refractivity contribution in [1.82, 2.24) is 0 Å². The zero-order valence-corrected chi connectivity index (χ0v) is 17.1. The van der Waals surface area contributed by atoms with E-state index in [4.69, 9.17) is 4.74 Å². The quantitative estimate of drug-likeness (QED) is 0.263. The molecular weight excluding hydrogens is 403 g/mol. The van der Waals surface area contributed by atoms with Gasteiger partial charge in [-0.2, -0.15) is 0 Å². The third-order valence-corrected chi connectivity index (χ3v) is 3.42. The monoisotopic (exact) mass is 432 g/mol. The second-order valence-corrected chi connectivity index (χ2v) is 7.46. The minimum atomic E-state index is -0.487. The van der Waals surface area contributed by atoms with Gasteiger partial charge in [0.05, 0.1) is 6.10 Å². The summed E-state index contributed by atoms with van der Waals surface area (Å²) in [6.07, 6.45) is 9.25. The Labute approximate surface area is 154 Å². The Morgan fingerprint density at radius 2 is 1.87 bits per heavy atom. The molecule has 0 aromatic rings. The summed E-state index contributed by atoms with van der Waals surface area (Å²) < 4.78 is 7.15. The van der Waals surface area contributed by atoms with Crippen LogP contribution in [0.3, 0.4) is 0 Å². The lowest BCUT2D eigenvalue weighted by molar-refractivity contribution is -0.148. The summed E-state index contributed by atoms with van der Waals surface area (Å²) in [5, 5.41) is 10.2. The van der Waals surface area contributed by atoms with Gasteiger partial charge in [-0.3, -0.25) is 0 Å². The van der Waals surface area contributed by atoms with Gasteiger partial charge in [0.25, 0.3) is 0 Å². The number of aliphatic hydroxyl groups excluding tert-OH is 1. The fourth-order valence-electron chi connectivity index (χ4n) is 1.90. The smallest absolute Gasteiger partial charge is 0.331 e. The van der Waals surface area contributed by atoms with E-state index in [-0.39, 0.29) is 11.9 Å². The number of rotatable bonds is 7. The Hall–Kier alpha value is -0.880. The second kappa shape index (κ2) is 10.8. The van der Waals surface area contributed by atoms with Gasteiger partial charge in [-0.05, 0) is 45.1 Å². The zero-order chi connectivity index (χ0) is 18.0. The molecule has 0 heterocycles. The molecule has 0 saturated carbocycles. The number of aliphatic hydroxyl groups is 1. The van der Waals surface area contributed by atoms with Crippen molar-refractivity contribution in [2.24, 2.45) is 5.92 Å². The van der Waals surface area contributed by atoms with Gasteiger partial charge in [-0.15, -0.1) is 0 Å². The van der Waals surface area contributed by atoms with Crippen molar-refractivity contribution < 1.29 is 14.6 Å². The Morgan fingerprint density at radius 3 is 2.39 bits per heavy atom. The van der Waals surface area contributed by atoms with Crippen LogP contribution in [0.4, 0.5) is 0 Å². The maximum atomic E-state index is 11.6. The molecule has 0 aromatic carbocycles. The van der Waals surface area contributed by atoms with E-state index in [1.165, 1.54) is 6.08 Å². The molecule has 23 heavy (non-hydrogen) atoms. The highest BCUT2D eigenvalue weighted by Crippen LogP contribution is 2.16. The normalized spacial score (nSPS) is 16.9. The number of carbonyl (C=O) groups excluding carboxylic acids is 1. The van der Waals surface area contributed by atoms with Gasteiger partial charge >= 0.3 is 5.97 Å². The Balaban J connectivity index is 4.62. The van der Waals surface area contributed by atoms with Crippen molar-refractivity contribution in [2.45, 2.75) is 59.7 Å². The molecule has 0 bridgehead atoms. The molecule has 3 nitrogen and oxygen atoms in total. The van der Waals surface area contributed by atoms with Crippen LogP contribution in [0.25, 0.3) is 0 Å². The fourth-order valence-corrected chi connectivity index (χ4v) is 2.11. The molecule has 4 heteroatoms. The number of carbonyl (C=O) groups is 1. The van der Waals surface area contributed by atoms with E-state index >= 15 is 0 Å². The maximum absolute atomic E-state index is 11.6. The molecule has 0 fully saturated rings. The summed E-state index contributed by atoms with van der Waals surface area (Å²) in [6, 6.07) is 0. The van der Waals surface area contributed by atoms with Crippen LogP contribution in [0.1, 0.15) is 48.0 Å². The summed E-state index contributed by atoms with van der Waals surface area (Å²) in [6.45, 7) is 11.4. The van der Waals surface area contributed by atoms with Crippen LogP contribution in [0.2, 0.25) is 0 Å². The van der Waals surface area contributed by atoms with E-state index in [1.54, 1.807) is 6.08 Å². The van der Waals surface area contributed by atoms with Crippen LogP contribution in [0, 0.1) is 5.92 Å². The van der Waals surface area contributed by atoms with Crippen LogP contribution in [-0.4, -0.2) is 22.8 Å². The lowest BCUT2D eigenvalue weighted by Gasteiger charge is -2.18. The molecule has 0 aliphatic rings. The molecule has 0 radical (unpaired) electrons. The molecular formula is C19H29IO3.